The summed E-state index contributed by atoms with van der Waals surface area (Å²) in [6, 6.07) is 7.62. The number of nitrogens with zero attached hydrogens (tertiary/aromatic N) is 1. The molecule has 1 aliphatic heterocycles. The van der Waals surface area contributed by atoms with Crippen LogP contribution in [0.15, 0.2) is 29.4 Å². The number of hydrazone groups is 1. The van der Waals surface area contributed by atoms with Crippen LogP contribution in [-0.2, 0) is 0 Å². The van der Waals surface area contributed by atoms with Gasteiger partial charge in [0.1, 0.15) is 5.75 Å². The third kappa shape index (κ3) is 3.61. The highest BCUT2D eigenvalue weighted by Gasteiger charge is 2.08. The molecular weight excluding hydrogens is 266 g/mol. The second-order valence-corrected chi connectivity index (χ2v) is 5.26. The van der Waals surface area contributed by atoms with Gasteiger partial charge in [0.05, 0.1) is 12.8 Å². The van der Waals surface area contributed by atoms with Crippen LogP contribution in [0.4, 0.5) is 5.69 Å². The third-order valence-corrected chi connectivity index (χ3v) is 3.70. The van der Waals surface area contributed by atoms with Crippen molar-refractivity contribution in [2.24, 2.45) is 5.10 Å². The Labute approximate surface area is 116 Å². The summed E-state index contributed by atoms with van der Waals surface area (Å²) in [7, 11) is 1.63. The van der Waals surface area contributed by atoms with Gasteiger partial charge in [0.25, 0.3) is 0 Å². The molecule has 6 heteroatoms. The Morgan fingerprint density at radius 2 is 2.28 bits per heavy atom. The minimum atomic E-state index is 0.476. The normalized spacial score (nSPS) is 16.6. The van der Waals surface area contributed by atoms with E-state index in [0.29, 0.717) is 5.11 Å². The zero-order chi connectivity index (χ0) is 12.8. The van der Waals surface area contributed by atoms with Crippen molar-refractivity contribution in [3.05, 3.63) is 24.3 Å². The Morgan fingerprint density at radius 3 is 3.00 bits per heavy atom. The Hall–Kier alpha value is -1.27. The highest BCUT2D eigenvalue weighted by atomic mass is 32.2. The lowest BCUT2D eigenvalue weighted by Crippen LogP contribution is -2.25. The predicted octanol–water partition coefficient (Wildman–Crippen LogP) is 2.47. The van der Waals surface area contributed by atoms with E-state index in [0.717, 1.165) is 35.1 Å². The highest BCUT2D eigenvalue weighted by Crippen LogP contribution is 2.22. The first-order chi connectivity index (χ1) is 8.79. The molecule has 0 bridgehead atoms. The van der Waals surface area contributed by atoms with Gasteiger partial charge in [0.2, 0.25) is 0 Å². The quantitative estimate of drug-likeness (QED) is 0.658. The molecule has 0 spiro atoms. The van der Waals surface area contributed by atoms with Crippen molar-refractivity contribution in [1.29, 1.82) is 0 Å². The van der Waals surface area contributed by atoms with E-state index in [4.69, 9.17) is 17.0 Å². The van der Waals surface area contributed by atoms with Crippen LogP contribution in [0.25, 0.3) is 0 Å². The summed E-state index contributed by atoms with van der Waals surface area (Å²) in [4.78, 5) is 0. The molecule has 1 heterocycles. The molecule has 0 saturated carbocycles. The molecule has 1 aromatic carbocycles. The summed E-state index contributed by atoms with van der Waals surface area (Å²) < 4.78 is 5.24. The van der Waals surface area contributed by atoms with Crippen LogP contribution in [0, 0.1) is 0 Å². The van der Waals surface area contributed by atoms with Gasteiger partial charge in [-0.05, 0) is 36.5 Å². The second-order valence-electron chi connectivity index (χ2n) is 3.75. The molecule has 2 rings (SSSR count). The fraction of sp³-hybridized carbons (Fsp3) is 0.333. The van der Waals surface area contributed by atoms with Crippen LogP contribution in [-0.4, -0.2) is 29.4 Å². The lowest BCUT2D eigenvalue weighted by atomic mass is 10.3. The van der Waals surface area contributed by atoms with Crippen molar-refractivity contribution in [3.63, 3.8) is 0 Å². The van der Waals surface area contributed by atoms with Gasteiger partial charge >= 0.3 is 0 Å². The maximum Gasteiger partial charge on any atom is 0.191 e. The molecule has 2 N–H and O–H groups in total. The van der Waals surface area contributed by atoms with Crippen molar-refractivity contribution in [3.8, 4) is 5.75 Å². The Morgan fingerprint density at radius 1 is 1.44 bits per heavy atom. The van der Waals surface area contributed by atoms with Gasteiger partial charge in [-0.2, -0.15) is 16.9 Å². The summed E-state index contributed by atoms with van der Waals surface area (Å²) in [5, 5.41) is 7.82. The van der Waals surface area contributed by atoms with Crippen LogP contribution in [0.5, 0.6) is 5.75 Å². The van der Waals surface area contributed by atoms with Gasteiger partial charge in [0.15, 0.2) is 5.11 Å². The standard InChI is InChI=1S/C12H15N3OS2/c1-16-11-5-3-2-4-10(11)13-12(17)15-14-9-6-7-18-8-9/h2-5H,6-8H2,1H3,(H2,13,15,17)/b14-9+. The molecule has 0 aliphatic carbocycles. The maximum absolute atomic E-state index is 5.24. The van der Waals surface area contributed by atoms with Crippen molar-refractivity contribution in [2.75, 3.05) is 23.9 Å². The molecule has 4 nitrogen and oxygen atoms in total. The minimum Gasteiger partial charge on any atom is -0.495 e. The van der Waals surface area contributed by atoms with Crippen molar-refractivity contribution in [1.82, 2.24) is 5.43 Å². The molecule has 0 unspecified atom stereocenters. The zero-order valence-corrected chi connectivity index (χ0v) is 11.7. The van der Waals surface area contributed by atoms with E-state index in [9.17, 15) is 0 Å². The monoisotopic (exact) mass is 281 g/mol. The van der Waals surface area contributed by atoms with Crippen LogP contribution in [0.3, 0.4) is 0 Å². The number of methoxy groups -OCH3 is 1. The molecule has 1 aliphatic rings. The maximum atomic E-state index is 5.24. The molecule has 1 fully saturated rings. The number of hydrogen-bond donors (Lipinski definition) is 2. The summed E-state index contributed by atoms with van der Waals surface area (Å²) in [5.74, 6) is 2.89. The van der Waals surface area contributed by atoms with Crippen molar-refractivity contribution in [2.45, 2.75) is 6.42 Å². The lowest BCUT2D eigenvalue weighted by Gasteiger charge is -2.11. The van der Waals surface area contributed by atoms with E-state index in [2.05, 4.69) is 15.8 Å². The minimum absolute atomic E-state index is 0.476. The molecule has 0 radical (unpaired) electrons. The molecular formula is C12H15N3OS2. The number of para-hydroxylation sites is 2. The Balaban J connectivity index is 1.92. The van der Waals surface area contributed by atoms with E-state index in [1.165, 1.54) is 0 Å². The van der Waals surface area contributed by atoms with Gasteiger partial charge in [0, 0.05) is 11.5 Å². The molecule has 96 valence electrons. The summed E-state index contributed by atoms with van der Waals surface area (Å²) in [6.07, 6.45) is 1.04. The fourth-order valence-corrected chi connectivity index (χ4v) is 2.69. The summed E-state index contributed by atoms with van der Waals surface area (Å²) >= 11 is 7.08. The van der Waals surface area contributed by atoms with Crippen LogP contribution >= 0.6 is 24.0 Å². The molecule has 0 amide bonds. The first-order valence-electron chi connectivity index (χ1n) is 5.63. The summed E-state index contributed by atoms with van der Waals surface area (Å²) in [5.41, 5.74) is 4.85. The number of anilines is 1. The number of hydrogen-bond acceptors (Lipinski definition) is 4. The number of rotatable bonds is 3. The van der Waals surface area contributed by atoms with E-state index in [1.54, 1.807) is 7.11 Å². The molecule has 1 aromatic rings. The van der Waals surface area contributed by atoms with Gasteiger partial charge in [-0.1, -0.05) is 12.1 Å². The number of thiocarbonyl (C=S) groups is 1. The first kappa shape index (κ1) is 13.2. The fourth-order valence-electron chi connectivity index (χ4n) is 1.57. The SMILES string of the molecule is COc1ccccc1NC(=S)N/N=C1\CCSC1. The number of benzene rings is 1. The van der Waals surface area contributed by atoms with E-state index in [1.807, 2.05) is 36.0 Å². The highest BCUT2D eigenvalue weighted by molar-refractivity contribution is 8.00. The van der Waals surface area contributed by atoms with E-state index < -0.39 is 0 Å². The Bertz CT molecular complexity index is 454. The first-order valence-corrected chi connectivity index (χ1v) is 7.19. The lowest BCUT2D eigenvalue weighted by molar-refractivity contribution is 0.417. The average Bonchev–Trinajstić information content (AvgIpc) is 2.90. The van der Waals surface area contributed by atoms with Crippen molar-refractivity contribution < 1.29 is 4.74 Å². The Kier molecular flexibility index (Phi) is 4.83. The van der Waals surface area contributed by atoms with Crippen LogP contribution < -0.4 is 15.5 Å². The van der Waals surface area contributed by atoms with Crippen LogP contribution in [0.1, 0.15) is 6.42 Å². The third-order valence-electron chi connectivity index (χ3n) is 2.47. The van der Waals surface area contributed by atoms with E-state index >= 15 is 0 Å². The summed E-state index contributed by atoms with van der Waals surface area (Å²) in [6.45, 7) is 0. The number of ether oxygens (including phenoxy) is 1. The van der Waals surface area contributed by atoms with Gasteiger partial charge < -0.3 is 10.1 Å². The van der Waals surface area contributed by atoms with Gasteiger partial charge in [-0.3, -0.25) is 5.43 Å². The molecule has 1 saturated heterocycles. The largest absolute Gasteiger partial charge is 0.495 e. The smallest absolute Gasteiger partial charge is 0.191 e. The molecule has 18 heavy (non-hydrogen) atoms. The molecule has 0 atom stereocenters. The average molecular weight is 281 g/mol. The second kappa shape index (κ2) is 6.61. The zero-order valence-electron chi connectivity index (χ0n) is 10.1. The predicted molar refractivity (Wildman–Crippen MR) is 81.7 cm³/mol. The number of thioether (sulfide) groups is 1. The topological polar surface area (TPSA) is 45.6 Å². The van der Waals surface area contributed by atoms with E-state index in [-0.39, 0.29) is 0 Å². The van der Waals surface area contributed by atoms with Gasteiger partial charge in [-0.15, -0.1) is 0 Å². The van der Waals surface area contributed by atoms with Crippen LogP contribution in [0.2, 0.25) is 0 Å². The molecule has 0 aromatic heterocycles. The number of nitrogens with one attached hydrogen (secondary N) is 2. The van der Waals surface area contributed by atoms with Gasteiger partial charge in [-0.25, -0.2) is 0 Å². The van der Waals surface area contributed by atoms with Crippen molar-refractivity contribution >= 4 is 40.5 Å².